The zero-order valence-electron chi connectivity index (χ0n) is 22.6. The van der Waals surface area contributed by atoms with Crippen molar-refractivity contribution in [1.82, 2.24) is 0 Å². The number of carboxylic acids is 1. The molecular weight excluding hydrogens is 424 g/mol. The van der Waals surface area contributed by atoms with Gasteiger partial charge in [-0.25, -0.2) is 0 Å². The molecule has 0 aromatic heterocycles. The first kappa shape index (κ1) is 24.8. The number of hydrogen-bond acceptors (Lipinski definition) is 3. The number of carbonyl (C=O) groups is 1. The van der Waals surface area contributed by atoms with Crippen molar-refractivity contribution in [3.8, 4) is 0 Å². The van der Waals surface area contributed by atoms with Crippen LogP contribution in [0.25, 0.3) is 0 Å². The quantitative estimate of drug-likeness (QED) is 0.397. The van der Waals surface area contributed by atoms with Crippen LogP contribution in [0.4, 0.5) is 0 Å². The van der Waals surface area contributed by atoms with Crippen LogP contribution in [0.5, 0.6) is 0 Å². The molecule has 0 unspecified atom stereocenters. The molecule has 0 aromatic carbocycles. The molecule has 0 radical (unpaired) electrons. The molecule has 4 saturated carbocycles. The number of aliphatic hydroxyl groups is 2. The minimum absolute atomic E-state index is 0.0240. The molecule has 3 N–H and O–H groups in total. The zero-order chi connectivity index (χ0) is 25.1. The van der Waals surface area contributed by atoms with Gasteiger partial charge in [0.25, 0.3) is 0 Å². The van der Waals surface area contributed by atoms with Crippen molar-refractivity contribution in [3.63, 3.8) is 0 Å². The summed E-state index contributed by atoms with van der Waals surface area (Å²) in [5.74, 6) is 0.218. The molecule has 0 heterocycles. The van der Waals surface area contributed by atoms with Crippen molar-refractivity contribution >= 4 is 5.97 Å². The fourth-order valence-corrected chi connectivity index (χ4v) is 10.8. The van der Waals surface area contributed by atoms with E-state index in [0.29, 0.717) is 18.8 Å². The van der Waals surface area contributed by atoms with E-state index < -0.39 is 23.6 Å². The second-order valence-corrected chi connectivity index (χ2v) is 15.2. The Morgan fingerprint density at radius 2 is 1.41 bits per heavy atom. The van der Waals surface area contributed by atoms with E-state index in [1.165, 1.54) is 5.57 Å². The van der Waals surface area contributed by atoms with Crippen LogP contribution in [0.15, 0.2) is 11.6 Å². The number of rotatable bonds is 1. The van der Waals surface area contributed by atoms with Crippen LogP contribution in [0.1, 0.15) is 106 Å². The van der Waals surface area contributed by atoms with Gasteiger partial charge >= 0.3 is 5.97 Å². The second kappa shape index (κ2) is 7.12. The lowest BCUT2D eigenvalue weighted by molar-refractivity contribution is -0.230. The molecule has 4 heteroatoms. The van der Waals surface area contributed by atoms with Crippen molar-refractivity contribution in [1.29, 1.82) is 0 Å². The van der Waals surface area contributed by atoms with E-state index in [2.05, 4.69) is 54.5 Å². The largest absolute Gasteiger partial charge is 0.481 e. The Morgan fingerprint density at radius 1 is 0.824 bits per heavy atom. The van der Waals surface area contributed by atoms with Crippen molar-refractivity contribution in [2.75, 3.05) is 0 Å². The molecule has 0 spiro atoms. The summed E-state index contributed by atoms with van der Waals surface area (Å²) < 4.78 is 0. The molecule has 0 aliphatic heterocycles. The van der Waals surface area contributed by atoms with Crippen LogP contribution in [0, 0.1) is 50.2 Å². The summed E-state index contributed by atoms with van der Waals surface area (Å²) in [4.78, 5) is 12.8. The fraction of sp³-hybridized carbons (Fsp3) is 0.900. The van der Waals surface area contributed by atoms with Crippen LogP contribution in [-0.2, 0) is 4.79 Å². The third kappa shape index (κ3) is 2.88. The number of aliphatic carboxylic acids is 1. The number of allylic oxidation sites excluding steroid dienone is 2. The zero-order valence-corrected chi connectivity index (χ0v) is 22.6. The van der Waals surface area contributed by atoms with Crippen molar-refractivity contribution in [3.05, 3.63) is 11.6 Å². The average Bonchev–Trinajstić information content (AvgIpc) is 2.72. The Labute approximate surface area is 206 Å². The Balaban J connectivity index is 1.61. The number of aliphatic hydroxyl groups excluding tert-OH is 2. The molecule has 9 atom stereocenters. The van der Waals surface area contributed by atoms with Gasteiger partial charge in [0.1, 0.15) is 0 Å². The maximum absolute atomic E-state index is 12.8. The lowest BCUT2D eigenvalue weighted by Crippen LogP contribution is -2.67. The highest BCUT2D eigenvalue weighted by Gasteiger charge is 2.70. The van der Waals surface area contributed by atoms with E-state index in [1.807, 2.05) is 0 Å². The highest BCUT2D eigenvalue weighted by molar-refractivity contribution is 5.76. The summed E-state index contributed by atoms with van der Waals surface area (Å²) in [5, 5.41) is 32.9. The highest BCUT2D eigenvalue weighted by Crippen LogP contribution is 2.75. The van der Waals surface area contributed by atoms with Crippen LogP contribution < -0.4 is 0 Å². The fourth-order valence-electron chi connectivity index (χ4n) is 10.8. The van der Waals surface area contributed by atoms with Crippen molar-refractivity contribution in [2.24, 2.45) is 50.2 Å². The first-order valence-corrected chi connectivity index (χ1v) is 13.9. The Hall–Kier alpha value is -0.870. The Kier molecular flexibility index (Phi) is 5.20. The predicted octanol–water partition coefficient (Wildman–Crippen LogP) is 6.20. The van der Waals surface area contributed by atoms with E-state index >= 15 is 0 Å². The van der Waals surface area contributed by atoms with Gasteiger partial charge in [0.2, 0.25) is 0 Å². The van der Waals surface area contributed by atoms with Gasteiger partial charge in [-0.2, -0.15) is 0 Å². The van der Waals surface area contributed by atoms with Crippen LogP contribution >= 0.6 is 0 Å². The highest BCUT2D eigenvalue weighted by atomic mass is 16.4. The maximum Gasteiger partial charge on any atom is 0.310 e. The second-order valence-electron chi connectivity index (χ2n) is 15.2. The van der Waals surface area contributed by atoms with Gasteiger partial charge in [-0.15, -0.1) is 0 Å². The summed E-state index contributed by atoms with van der Waals surface area (Å²) in [5.41, 5.74) is 0.492. The van der Waals surface area contributed by atoms with Crippen molar-refractivity contribution < 1.29 is 20.1 Å². The molecule has 0 amide bonds. The Bertz CT molecular complexity index is 919. The summed E-state index contributed by atoms with van der Waals surface area (Å²) in [6.45, 7) is 16.2. The summed E-state index contributed by atoms with van der Waals surface area (Å²) in [7, 11) is 0. The summed E-state index contributed by atoms with van der Waals surface area (Å²) in [6, 6.07) is 0. The van der Waals surface area contributed by atoms with E-state index in [-0.39, 0.29) is 38.9 Å². The molecule has 4 nitrogen and oxygen atoms in total. The molecular formula is C30H48O4. The summed E-state index contributed by atoms with van der Waals surface area (Å²) in [6.07, 6.45) is 9.40. The van der Waals surface area contributed by atoms with Gasteiger partial charge in [0.15, 0.2) is 0 Å². The van der Waals surface area contributed by atoms with E-state index in [0.717, 1.165) is 44.9 Å². The SMILES string of the molecule is CC1(C)CC[C@]2(C(=O)O)CC=C3[C@]4(C)CC[C@@H]5C(C)(C)[C@@H](O)C[C@@H](O)[C@]5(C)[C@@H]4CC[C@@]3(C)[C@@H]2C1. The number of fused-ring (bicyclic) bond motifs is 7. The van der Waals surface area contributed by atoms with Gasteiger partial charge in [0, 0.05) is 11.8 Å². The molecule has 34 heavy (non-hydrogen) atoms. The van der Waals surface area contributed by atoms with Crippen LogP contribution in [0.3, 0.4) is 0 Å². The smallest absolute Gasteiger partial charge is 0.310 e. The standard InChI is InChI=1S/C30H48O4/c1-25(2)14-15-30(24(33)34)13-10-19-27(5)11-8-18-26(3,4)22(31)16-23(32)29(18,7)20(27)9-12-28(19,6)21(30)17-25/h10,18,20-23,31-32H,8-9,11-17H2,1-7H3,(H,33,34)/t18-,20-,21+,22+,23-,27+,28-,29+,30-/m1/s1. The molecule has 0 saturated heterocycles. The first-order valence-electron chi connectivity index (χ1n) is 13.9. The molecule has 5 rings (SSSR count). The minimum atomic E-state index is -0.630. The maximum atomic E-state index is 12.8. The molecule has 192 valence electrons. The Morgan fingerprint density at radius 3 is 2.03 bits per heavy atom. The van der Waals surface area contributed by atoms with Gasteiger partial charge in [-0.05, 0) is 90.8 Å². The summed E-state index contributed by atoms with van der Waals surface area (Å²) >= 11 is 0. The predicted molar refractivity (Wildman–Crippen MR) is 134 cm³/mol. The monoisotopic (exact) mass is 472 g/mol. The lowest BCUT2D eigenvalue weighted by atomic mass is 9.34. The molecule has 4 fully saturated rings. The van der Waals surface area contributed by atoms with Gasteiger partial charge < -0.3 is 15.3 Å². The molecule has 5 aliphatic carbocycles. The van der Waals surface area contributed by atoms with Crippen molar-refractivity contribution in [2.45, 2.75) is 118 Å². The number of carboxylic acid groups (broad SMARTS) is 1. The van der Waals surface area contributed by atoms with E-state index in [4.69, 9.17) is 0 Å². The lowest BCUT2D eigenvalue weighted by Gasteiger charge is -2.70. The third-order valence-corrected chi connectivity index (χ3v) is 12.9. The van der Waals surface area contributed by atoms with Crippen LogP contribution in [0.2, 0.25) is 0 Å². The van der Waals surface area contributed by atoms with E-state index in [1.54, 1.807) is 0 Å². The number of hydrogen-bond donors (Lipinski definition) is 3. The molecule has 0 aromatic rings. The van der Waals surface area contributed by atoms with Gasteiger partial charge in [-0.3, -0.25) is 4.79 Å². The topological polar surface area (TPSA) is 77.8 Å². The normalized spacial score (nSPS) is 53.4. The molecule has 5 aliphatic rings. The third-order valence-electron chi connectivity index (χ3n) is 12.9. The van der Waals surface area contributed by atoms with Crippen LogP contribution in [-0.4, -0.2) is 33.5 Å². The van der Waals surface area contributed by atoms with Gasteiger partial charge in [-0.1, -0.05) is 60.1 Å². The van der Waals surface area contributed by atoms with Gasteiger partial charge in [0.05, 0.1) is 17.6 Å². The molecule has 0 bridgehead atoms. The first-order chi connectivity index (χ1) is 15.6. The minimum Gasteiger partial charge on any atom is -0.481 e. The van der Waals surface area contributed by atoms with E-state index in [9.17, 15) is 20.1 Å². The average molecular weight is 473 g/mol.